The minimum Gasteiger partial charge on any atom is -0.415 e. The van der Waals surface area contributed by atoms with E-state index in [4.69, 9.17) is 4.43 Å². The molecule has 1 N–H and O–H groups in total. The number of rotatable bonds is 5. The molecular formula is C14H32O2Si2. The molecule has 2 unspecified atom stereocenters. The second-order valence-electron chi connectivity index (χ2n) is 7.31. The predicted octanol–water partition coefficient (Wildman–Crippen LogP) is 4.03. The predicted molar refractivity (Wildman–Crippen MR) is 83.8 cm³/mol. The summed E-state index contributed by atoms with van der Waals surface area (Å²) in [4.78, 5) is 0. The summed E-state index contributed by atoms with van der Waals surface area (Å²) in [6.07, 6.45) is 7.11. The first kappa shape index (κ1) is 16.4. The zero-order valence-corrected chi connectivity index (χ0v) is 15.2. The fourth-order valence-electron chi connectivity index (χ4n) is 2.93. The molecular weight excluding hydrogens is 256 g/mol. The lowest BCUT2D eigenvalue weighted by molar-refractivity contribution is 0.0198. The maximum Gasteiger partial charge on any atom is 0.177 e. The molecule has 0 spiro atoms. The molecule has 1 saturated heterocycles. The first-order valence-electron chi connectivity index (χ1n) is 7.53. The summed E-state index contributed by atoms with van der Waals surface area (Å²) in [5.41, 5.74) is -0.144. The molecule has 1 rings (SSSR count). The monoisotopic (exact) mass is 288 g/mol. The van der Waals surface area contributed by atoms with Crippen molar-refractivity contribution in [3.05, 3.63) is 0 Å². The Balaban J connectivity index is 2.63. The first-order chi connectivity index (χ1) is 8.15. The second-order valence-corrected chi connectivity index (χ2v) is 22.1. The molecule has 0 amide bonds. The van der Waals surface area contributed by atoms with Gasteiger partial charge in [-0.15, -0.1) is 0 Å². The molecule has 0 aromatic heterocycles. The van der Waals surface area contributed by atoms with Crippen molar-refractivity contribution in [2.75, 3.05) is 0 Å². The third-order valence-corrected chi connectivity index (χ3v) is 21.7. The molecule has 0 aliphatic carbocycles. The van der Waals surface area contributed by atoms with Gasteiger partial charge in [0.1, 0.15) is 7.59 Å². The fraction of sp³-hybridized carbons (Fsp3) is 1.00. The van der Waals surface area contributed by atoms with E-state index in [1.165, 1.54) is 25.7 Å². The van der Waals surface area contributed by atoms with Crippen LogP contribution < -0.4 is 0 Å². The molecule has 1 aliphatic rings. The summed E-state index contributed by atoms with van der Waals surface area (Å²) in [7, 11) is -3.29. The van der Waals surface area contributed by atoms with Crippen molar-refractivity contribution in [3.8, 4) is 0 Å². The highest BCUT2D eigenvalue weighted by molar-refractivity contribution is 7.38. The number of unbranched alkanes of at least 4 members (excludes halogenated alkanes) is 3. The van der Waals surface area contributed by atoms with Crippen LogP contribution in [0.25, 0.3) is 0 Å². The lowest BCUT2D eigenvalue weighted by Crippen LogP contribution is -2.71. The van der Waals surface area contributed by atoms with Crippen LogP contribution in [0.3, 0.4) is 0 Å². The van der Waals surface area contributed by atoms with Gasteiger partial charge in [0.05, 0.1) is 5.60 Å². The van der Waals surface area contributed by atoms with E-state index in [1.807, 2.05) is 0 Å². The smallest absolute Gasteiger partial charge is 0.177 e. The Hall–Kier alpha value is 0.354. The largest absolute Gasteiger partial charge is 0.415 e. The molecule has 1 heterocycles. The molecule has 2 atom stereocenters. The van der Waals surface area contributed by atoms with Gasteiger partial charge >= 0.3 is 0 Å². The maximum absolute atomic E-state index is 10.5. The lowest BCUT2D eigenvalue weighted by atomic mass is 9.95. The maximum atomic E-state index is 10.5. The van der Waals surface area contributed by atoms with Crippen LogP contribution in [0.2, 0.25) is 26.2 Å². The highest BCUT2D eigenvalue weighted by Crippen LogP contribution is 2.40. The summed E-state index contributed by atoms with van der Waals surface area (Å²) in [6.45, 7) is 13.7. The van der Waals surface area contributed by atoms with Crippen molar-refractivity contribution >= 4 is 15.4 Å². The summed E-state index contributed by atoms with van der Waals surface area (Å²) in [5.74, 6) is 0. The Labute approximate surface area is 115 Å². The first-order valence-corrected chi connectivity index (χ1v) is 14.5. The molecule has 108 valence electrons. The van der Waals surface area contributed by atoms with Gasteiger partial charge < -0.3 is 9.53 Å². The van der Waals surface area contributed by atoms with E-state index >= 15 is 0 Å². The summed E-state index contributed by atoms with van der Waals surface area (Å²) < 4.78 is 6.57. The number of hydrogen-bond donors (Lipinski definition) is 1. The van der Waals surface area contributed by atoms with E-state index in [-0.39, 0.29) is 11.3 Å². The molecule has 0 bridgehead atoms. The number of aliphatic hydroxyl groups excluding tert-OH is 1. The van der Waals surface area contributed by atoms with Crippen molar-refractivity contribution in [3.63, 3.8) is 0 Å². The Morgan fingerprint density at radius 3 is 2.28 bits per heavy atom. The van der Waals surface area contributed by atoms with Gasteiger partial charge in [0.15, 0.2) is 7.83 Å². The van der Waals surface area contributed by atoms with Crippen LogP contribution >= 0.6 is 0 Å². The Morgan fingerprint density at radius 1 is 1.17 bits per heavy atom. The highest BCUT2D eigenvalue weighted by Gasteiger charge is 2.56. The SMILES string of the molecule is CCCCCCC1(C)CC(O)[Si](C)(C)[Si](C)(C)O1. The van der Waals surface area contributed by atoms with Crippen LogP contribution in [-0.2, 0) is 4.43 Å². The average Bonchev–Trinajstić information content (AvgIpc) is 2.21. The lowest BCUT2D eigenvalue weighted by Gasteiger charge is -2.53. The van der Waals surface area contributed by atoms with Gasteiger partial charge in [-0.1, -0.05) is 45.7 Å². The van der Waals surface area contributed by atoms with Crippen molar-refractivity contribution < 1.29 is 9.53 Å². The molecule has 1 fully saturated rings. The van der Waals surface area contributed by atoms with Gasteiger partial charge in [-0.25, -0.2) is 0 Å². The molecule has 4 heteroatoms. The average molecular weight is 289 g/mol. The van der Waals surface area contributed by atoms with Gasteiger partial charge in [-0.2, -0.15) is 0 Å². The van der Waals surface area contributed by atoms with E-state index < -0.39 is 15.4 Å². The Kier molecular flexibility index (Phi) is 5.26. The van der Waals surface area contributed by atoms with Crippen molar-refractivity contribution in [2.24, 2.45) is 0 Å². The van der Waals surface area contributed by atoms with E-state index in [9.17, 15) is 5.11 Å². The molecule has 18 heavy (non-hydrogen) atoms. The van der Waals surface area contributed by atoms with E-state index in [0.29, 0.717) is 0 Å². The van der Waals surface area contributed by atoms with E-state index in [0.717, 1.165) is 12.8 Å². The van der Waals surface area contributed by atoms with Crippen LogP contribution in [-0.4, -0.2) is 31.9 Å². The highest BCUT2D eigenvalue weighted by atomic mass is 29.3. The minimum absolute atomic E-state index is 0.0641. The summed E-state index contributed by atoms with van der Waals surface area (Å²) in [6, 6.07) is 0. The van der Waals surface area contributed by atoms with Gasteiger partial charge in [0, 0.05) is 5.73 Å². The van der Waals surface area contributed by atoms with Gasteiger partial charge in [-0.3, -0.25) is 0 Å². The van der Waals surface area contributed by atoms with Crippen molar-refractivity contribution in [2.45, 2.75) is 89.9 Å². The number of aliphatic hydroxyl groups is 1. The molecule has 0 aromatic rings. The zero-order chi connectivity index (χ0) is 14.0. The third-order valence-electron chi connectivity index (χ3n) is 5.07. The van der Waals surface area contributed by atoms with Gasteiger partial charge in [-0.05, 0) is 32.9 Å². The fourth-order valence-corrected chi connectivity index (χ4v) is 10.6. The standard InChI is InChI=1S/C14H32O2Si2/c1-7-8-9-10-11-14(2)12-13(15)17(3,4)18(5,6)16-14/h13,15H,7-12H2,1-6H3. The Bertz CT molecular complexity index is 279. The van der Waals surface area contributed by atoms with Crippen molar-refractivity contribution in [1.82, 2.24) is 0 Å². The topological polar surface area (TPSA) is 29.5 Å². The molecule has 0 saturated carbocycles. The summed E-state index contributed by atoms with van der Waals surface area (Å²) in [5, 5.41) is 10.5. The minimum atomic E-state index is -1.70. The van der Waals surface area contributed by atoms with Crippen LogP contribution in [0.4, 0.5) is 0 Å². The Morgan fingerprint density at radius 2 is 1.78 bits per heavy atom. The third kappa shape index (κ3) is 3.47. The number of hydrogen-bond acceptors (Lipinski definition) is 2. The summed E-state index contributed by atoms with van der Waals surface area (Å²) >= 11 is 0. The van der Waals surface area contributed by atoms with Gasteiger partial charge in [0.25, 0.3) is 0 Å². The molecule has 0 aromatic carbocycles. The van der Waals surface area contributed by atoms with E-state index in [1.54, 1.807) is 0 Å². The van der Waals surface area contributed by atoms with Crippen LogP contribution in [0.5, 0.6) is 0 Å². The normalized spacial score (nSPS) is 34.5. The van der Waals surface area contributed by atoms with E-state index in [2.05, 4.69) is 40.0 Å². The quantitative estimate of drug-likeness (QED) is 0.611. The van der Waals surface area contributed by atoms with Crippen LogP contribution in [0.15, 0.2) is 0 Å². The molecule has 1 aliphatic heterocycles. The van der Waals surface area contributed by atoms with Crippen LogP contribution in [0.1, 0.15) is 52.4 Å². The van der Waals surface area contributed by atoms with Crippen LogP contribution in [0, 0.1) is 0 Å². The second kappa shape index (κ2) is 5.77. The molecule has 2 nitrogen and oxygen atoms in total. The van der Waals surface area contributed by atoms with Gasteiger partial charge in [0.2, 0.25) is 0 Å². The zero-order valence-electron chi connectivity index (χ0n) is 13.2. The molecule has 0 radical (unpaired) electrons. The van der Waals surface area contributed by atoms with Crippen molar-refractivity contribution in [1.29, 1.82) is 0 Å².